The Morgan fingerprint density at radius 2 is 1.72 bits per heavy atom. The number of hydrogen-bond acceptors (Lipinski definition) is 8. The summed E-state index contributed by atoms with van der Waals surface area (Å²) >= 11 is 0. The second kappa shape index (κ2) is 8.80. The summed E-state index contributed by atoms with van der Waals surface area (Å²) in [5.74, 6) is -0.122. The van der Waals surface area contributed by atoms with Crippen LogP contribution in [0.2, 0.25) is 0 Å². The van der Waals surface area contributed by atoms with Gasteiger partial charge >= 0.3 is 0 Å². The molecule has 1 fully saturated rings. The number of sulfonamides is 1. The molecule has 2 aromatic carbocycles. The molecular weight excluding hydrogens is 438 g/mol. The van der Waals surface area contributed by atoms with Gasteiger partial charge in [-0.15, -0.1) is 5.10 Å². The molecule has 0 N–H and O–H groups in total. The van der Waals surface area contributed by atoms with Crippen molar-refractivity contribution in [2.75, 3.05) is 26.2 Å². The maximum absolute atomic E-state index is 12.9. The Labute approximate surface area is 183 Å². The van der Waals surface area contributed by atoms with Gasteiger partial charge in [-0.2, -0.15) is 4.31 Å². The largest absolute Gasteiger partial charge is 0.340 e. The molecule has 1 amide bonds. The first kappa shape index (κ1) is 21.5. The third-order valence-electron chi connectivity index (χ3n) is 5.18. The van der Waals surface area contributed by atoms with Crippen molar-refractivity contribution in [3.63, 3.8) is 0 Å². The molecule has 4 rings (SSSR count). The minimum absolute atomic E-state index is 0.0678. The number of tetrazole rings is 1. The summed E-state index contributed by atoms with van der Waals surface area (Å²) in [6.45, 7) is 0.555. The predicted molar refractivity (Wildman–Crippen MR) is 111 cm³/mol. The van der Waals surface area contributed by atoms with Crippen LogP contribution in [0.5, 0.6) is 0 Å². The number of nitro groups is 1. The molecule has 1 aliphatic heterocycles. The van der Waals surface area contributed by atoms with Crippen molar-refractivity contribution in [3.8, 4) is 5.69 Å². The van der Waals surface area contributed by atoms with Gasteiger partial charge in [-0.3, -0.25) is 14.9 Å². The van der Waals surface area contributed by atoms with Crippen molar-refractivity contribution in [3.05, 3.63) is 70.5 Å². The average Bonchev–Trinajstić information content (AvgIpc) is 3.34. The van der Waals surface area contributed by atoms with E-state index in [1.807, 2.05) is 12.1 Å². The van der Waals surface area contributed by atoms with Crippen LogP contribution in [0, 0.1) is 10.1 Å². The third kappa shape index (κ3) is 4.33. The molecule has 0 saturated carbocycles. The molecule has 13 heteroatoms. The normalized spacial score (nSPS) is 14.9. The average molecular weight is 457 g/mol. The van der Waals surface area contributed by atoms with E-state index in [9.17, 15) is 23.3 Å². The summed E-state index contributed by atoms with van der Waals surface area (Å²) < 4.78 is 28.5. The number of benzene rings is 2. The summed E-state index contributed by atoms with van der Waals surface area (Å²) in [5.41, 5.74) is 1.11. The van der Waals surface area contributed by atoms with Crippen LogP contribution in [0.1, 0.15) is 5.56 Å². The van der Waals surface area contributed by atoms with Crippen molar-refractivity contribution in [1.82, 2.24) is 29.4 Å². The summed E-state index contributed by atoms with van der Waals surface area (Å²) in [6, 6.07) is 12.5. The topological polar surface area (TPSA) is 144 Å². The van der Waals surface area contributed by atoms with Gasteiger partial charge in [0.05, 0.1) is 17.0 Å². The van der Waals surface area contributed by atoms with Gasteiger partial charge in [-0.05, 0) is 34.2 Å². The Morgan fingerprint density at radius 3 is 2.34 bits per heavy atom. The molecule has 0 radical (unpaired) electrons. The number of nitro benzene ring substituents is 1. The van der Waals surface area contributed by atoms with Gasteiger partial charge in [0.1, 0.15) is 6.33 Å². The highest BCUT2D eigenvalue weighted by atomic mass is 32.2. The molecule has 0 bridgehead atoms. The fourth-order valence-corrected chi connectivity index (χ4v) is 5.06. The molecule has 0 aliphatic carbocycles. The van der Waals surface area contributed by atoms with Gasteiger partial charge in [0, 0.05) is 32.2 Å². The van der Waals surface area contributed by atoms with E-state index >= 15 is 0 Å². The lowest BCUT2D eigenvalue weighted by atomic mass is 10.1. The highest BCUT2D eigenvalue weighted by Crippen LogP contribution is 2.27. The van der Waals surface area contributed by atoms with E-state index in [0.29, 0.717) is 0 Å². The number of nitrogens with zero attached hydrogens (tertiary/aromatic N) is 7. The molecule has 3 aromatic rings. The molecule has 12 nitrogen and oxygen atoms in total. The van der Waals surface area contributed by atoms with Crippen LogP contribution in [0.15, 0.2) is 59.8 Å². The standard InChI is InChI=1S/C19H19N7O5S/c27-19(13-15-5-7-16(8-6-15)25-14-20-21-22-25)23-9-11-24(12-10-23)32(30,31)18-4-2-1-3-17(18)26(28)29/h1-8,14H,9-13H2. The number of amides is 1. The number of rotatable bonds is 6. The zero-order valence-corrected chi connectivity index (χ0v) is 17.6. The van der Waals surface area contributed by atoms with E-state index in [1.165, 1.54) is 33.5 Å². The van der Waals surface area contributed by atoms with E-state index in [1.54, 1.807) is 17.0 Å². The van der Waals surface area contributed by atoms with Crippen molar-refractivity contribution < 1.29 is 18.1 Å². The number of hydrogen-bond donors (Lipinski definition) is 0. The molecule has 32 heavy (non-hydrogen) atoms. The Hall–Kier alpha value is -3.71. The number of carbonyl (C=O) groups excluding carboxylic acids is 1. The van der Waals surface area contributed by atoms with Crippen molar-refractivity contribution >= 4 is 21.6 Å². The number of aromatic nitrogens is 4. The fraction of sp³-hybridized carbons (Fsp3) is 0.263. The SMILES string of the molecule is O=C(Cc1ccc(-n2cnnn2)cc1)N1CCN(S(=O)(=O)c2ccccc2[N+](=O)[O-])CC1. The quantitative estimate of drug-likeness (QED) is 0.387. The smallest absolute Gasteiger partial charge is 0.289 e. The van der Waals surface area contributed by atoms with Crippen LogP contribution < -0.4 is 0 Å². The van der Waals surface area contributed by atoms with Crippen LogP contribution in [-0.2, 0) is 21.2 Å². The molecule has 1 aromatic heterocycles. The highest BCUT2D eigenvalue weighted by molar-refractivity contribution is 7.89. The monoisotopic (exact) mass is 457 g/mol. The lowest BCUT2D eigenvalue weighted by Gasteiger charge is -2.34. The molecule has 166 valence electrons. The molecule has 1 saturated heterocycles. The summed E-state index contributed by atoms with van der Waals surface area (Å²) in [7, 11) is -4.04. The Balaban J connectivity index is 1.38. The van der Waals surface area contributed by atoms with E-state index in [0.717, 1.165) is 17.3 Å². The first-order valence-corrected chi connectivity index (χ1v) is 11.1. The molecular formula is C19H19N7O5S. The Kier molecular flexibility index (Phi) is 5.92. The van der Waals surface area contributed by atoms with Crippen LogP contribution in [0.3, 0.4) is 0 Å². The van der Waals surface area contributed by atoms with Crippen molar-refractivity contribution in [1.29, 1.82) is 0 Å². The first-order valence-electron chi connectivity index (χ1n) is 9.70. The molecule has 2 heterocycles. The van der Waals surface area contributed by atoms with Crippen LogP contribution in [0.4, 0.5) is 5.69 Å². The molecule has 0 spiro atoms. The second-order valence-electron chi connectivity index (χ2n) is 7.11. The van der Waals surface area contributed by atoms with Crippen molar-refractivity contribution in [2.24, 2.45) is 0 Å². The molecule has 1 aliphatic rings. The maximum Gasteiger partial charge on any atom is 0.289 e. The Bertz CT molecular complexity index is 1220. The number of para-hydroxylation sites is 1. The summed E-state index contributed by atoms with van der Waals surface area (Å²) in [5, 5.41) is 22.2. The Morgan fingerprint density at radius 1 is 1.03 bits per heavy atom. The van der Waals surface area contributed by atoms with Crippen LogP contribution in [-0.4, -0.2) is 74.8 Å². The zero-order chi connectivity index (χ0) is 22.7. The van der Waals surface area contributed by atoms with Gasteiger partial charge in [0.15, 0.2) is 4.90 Å². The second-order valence-corrected chi connectivity index (χ2v) is 9.01. The van der Waals surface area contributed by atoms with E-state index < -0.39 is 20.6 Å². The maximum atomic E-state index is 12.9. The molecule has 0 unspecified atom stereocenters. The lowest BCUT2D eigenvalue weighted by Crippen LogP contribution is -2.50. The molecule has 0 atom stereocenters. The van der Waals surface area contributed by atoms with Gasteiger partial charge in [-0.1, -0.05) is 24.3 Å². The van der Waals surface area contributed by atoms with Gasteiger partial charge in [0.2, 0.25) is 15.9 Å². The van der Waals surface area contributed by atoms with E-state index in [2.05, 4.69) is 15.5 Å². The third-order valence-corrected chi connectivity index (χ3v) is 7.12. The minimum Gasteiger partial charge on any atom is -0.340 e. The van der Waals surface area contributed by atoms with Crippen LogP contribution >= 0.6 is 0 Å². The van der Waals surface area contributed by atoms with Crippen LogP contribution in [0.25, 0.3) is 5.69 Å². The van der Waals surface area contributed by atoms with E-state index in [4.69, 9.17) is 0 Å². The predicted octanol–water partition coefficient (Wildman–Crippen LogP) is 0.646. The van der Waals surface area contributed by atoms with E-state index in [-0.39, 0.29) is 43.4 Å². The minimum atomic E-state index is -4.04. The van der Waals surface area contributed by atoms with Gasteiger partial charge in [-0.25, -0.2) is 13.1 Å². The van der Waals surface area contributed by atoms with Gasteiger partial charge < -0.3 is 4.90 Å². The fourth-order valence-electron chi connectivity index (χ4n) is 3.48. The summed E-state index contributed by atoms with van der Waals surface area (Å²) in [4.78, 5) is 24.4. The number of carbonyl (C=O) groups is 1. The first-order chi connectivity index (χ1) is 15.4. The van der Waals surface area contributed by atoms with Gasteiger partial charge in [0.25, 0.3) is 5.69 Å². The number of piperazine rings is 1. The lowest BCUT2D eigenvalue weighted by molar-refractivity contribution is -0.387. The zero-order valence-electron chi connectivity index (χ0n) is 16.8. The highest BCUT2D eigenvalue weighted by Gasteiger charge is 2.34. The summed E-state index contributed by atoms with van der Waals surface area (Å²) in [6.07, 6.45) is 1.64. The van der Waals surface area contributed by atoms with Crippen molar-refractivity contribution in [2.45, 2.75) is 11.3 Å².